The van der Waals surface area contributed by atoms with Gasteiger partial charge in [-0.1, -0.05) is 27.7 Å². The number of hydrogen-bond donors (Lipinski definition) is 0. The molecule has 68 valence electrons. The number of carbonyl (C=O) groups excluding carboxylic acids is 1. The first-order chi connectivity index (χ1) is 5.26. The molecule has 0 heterocycles. The first-order valence-corrected chi connectivity index (χ1v) is 4.42. The molecule has 0 amide bonds. The van der Waals surface area contributed by atoms with E-state index in [9.17, 15) is 4.79 Å². The van der Waals surface area contributed by atoms with Crippen molar-refractivity contribution in [1.29, 1.82) is 0 Å². The van der Waals surface area contributed by atoms with Crippen molar-refractivity contribution in [3.63, 3.8) is 0 Å². The second kappa shape index (κ2) is 12.3. The Hall–Kier alpha value is -0.370. The average Bonchev–Trinajstić information content (AvgIpc) is 2.08. The summed E-state index contributed by atoms with van der Waals surface area (Å²) >= 11 is 0. The third-order valence-electron chi connectivity index (χ3n) is 1.51. The standard InChI is InChI=1S/C6H15N.C3H6O/c1-4-7(5-2)6-3;1-2-3-4/h4-6H2,1-3H3;3H,2H2,1H3. The van der Waals surface area contributed by atoms with Crippen molar-refractivity contribution in [3.05, 3.63) is 0 Å². The summed E-state index contributed by atoms with van der Waals surface area (Å²) in [6.07, 6.45) is 1.51. The van der Waals surface area contributed by atoms with E-state index in [4.69, 9.17) is 0 Å². The van der Waals surface area contributed by atoms with Crippen molar-refractivity contribution in [2.75, 3.05) is 19.6 Å². The molecule has 0 unspecified atom stereocenters. The van der Waals surface area contributed by atoms with E-state index in [-0.39, 0.29) is 0 Å². The largest absolute Gasteiger partial charge is 0.304 e. The monoisotopic (exact) mass is 159 g/mol. The molecule has 11 heavy (non-hydrogen) atoms. The SMILES string of the molecule is CCC=O.CCN(CC)CC. The molecule has 0 aliphatic rings. The fraction of sp³-hybridized carbons (Fsp3) is 0.889. The molecule has 0 aromatic carbocycles. The summed E-state index contributed by atoms with van der Waals surface area (Å²) in [6.45, 7) is 11.9. The van der Waals surface area contributed by atoms with Crippen molar-refractivity contribution in [3.8, 4) is 0 Å². The summed E-state index contributed by atoms with van der Waals surface area (Å²) < 4.78 is 0. The molecule has 0 saturated carbocycles. The van der Waals surface area contributed by atoms with Gasteiger partial charge in [0.2, 0.25) is 0 Å². The smallest absolute Gasteiger partial charge is 0.119 e. The first kappa shape index (κ1) is 13.2. The van der Waals surface area contributed by atoms with Crippen LogP contribution in [0.4, 0.5) is 0 Å². The molecule has 0 aliphatic carbocycles. The summed E-state index contributed by atoms with van der Waals surface area (Å²) in [4.78, 5) is 11.5. The summed E-state index contributed by atoms with van der Waals surface area (Å²) in [5.41, 5.74) is 0. The van der Waals surface area contributed by atoms with E-state index in [0.29, 0.717) is 6.42 Å². The maximum absolute atomic E-state index is 9.17. The van der Waals surface area contributed by atoms with Gasteiger partial charge in [-0.15, -0.1) is 0 Å². The predicted octanol–water partition coefficient (Wildman–Crippen LogP) is 1.94. The number of hydrogen-bond acceptors (Lipinski definition) is 2. The number of rotatable bonds is 4. The minimum absolute atomic E-state index is 0.639. The maximum atomic E-state index is 9.17. The lowest BCUT2D eigenvalue weighted by molar-refractivity contribution is -0.107. The number of nitrogens with zero attached hydrogens (tertiary/aromatic N) is 1. The highest BCUT2D eigenvalue weighted by Crippen LogP contribution is 1.81. The third kappa shape index (κ3) is 12.8. The van der Waals surface area contributed by atoms with Crippen LogP contribution in [0.25, 0.3) is 0 Å². The van der Waals surface area contributed by atoms with Crippen LogP contribution in [0.1, 0.15) is 34.1 Å². The van der Waals surface area contributed by atoms with Gasteiger partial charge in [-0.2, -0.15) is 0 Å². The van der Waals surface area contributed by atoms with Crippen LogP contribution in [-0.4, -0.2) is 30.8 Å². The van der Waals surface area contributed by atoms with Gasteiger partial charge in [-0.05, 0) is 19.6 Å². The Labute approximate surface area is 70.6 Å². The minimum atomic E-state index is 0.639. The second-order valence-corrected chi connectivity index (χ2v) is 2.19. The van der Waals surface area contributed by atoms with E-state index in [0.717, 1.165) is 6.29 Å². The molecule has 0 saturated heterocycles. The van der Waals surface area contributed by atoms with Gasteiger partial charge in [0.05, 0.1) is 0 Å². The van der Waals surface area contributed by atoms with E-state index < -0.39 is 0 Å². The molecule has 2 nitrogen and oxygen atoms in total. The van der Waals surface area contributed by atoms with Crippen LogP contribution in [0.5, 0.6) is 0 Å². The summed E-state index contributed by atoms with van der Waals surface area (Å²) in [5, 5.41) is 0. The van der Waals surface area contributed by atoms with Crippen LogP contribution >= 0.6 is 0 Å². The highest BCUT2D eigenvalue weighted by atomic mass is 16.1. The lowest BCUT2D eigenvalue weighted by atomic mass is 10.5. The van der Waals surface area contributed by atoms with Gasteiger partial charge in [0, 0.05) is 6.42 Å². The molecule has 0 rings (SSSR count). The summed E-state index contributed by atoms with van der Waals surface area (Å²) in [5.74, 6) is 0. The molecule has 0 fully saturated rings. The van der Waals surface area contributed by atoms with Gasteiger partial charge >= 0.3 is 0 Å². The van der Waals surface area contributed by atoms with Gasteiger partial charge in [-0.25, -0.2) is 0 Å². The average molecular weight is 159 g/mol. The molecule has 0 N–H and O–H groups in total. The van der Waals surface area contributed by atoms with Crippen molar-refractivity contribution >= 4 is 6.29 Å². The molecule has 2 heteroatoms. The zero-order valence-electron chi connectivity index (χ0n) is 8.26. The van der Waals surface area contributed by atoms with Crippen molar-refractivity contribution in [1.82, 2.24) is 4.90 Å². The molecule has 0 aromatic heterocycles. The van der Waals surface area contributed by atoms with Gasteiger partial charge in [0.1, 0.15) is 6.29 Å². The Morgan fingerprint density at radius 3 is 1.27 bits per heavy atom. The fourth-order valence-corrected chi connectivity index (χ4v) is 0.671. The predicted molar refractivity (Wildman–Crippen MR) is 49.8 cm³/mol. The van der Waals surface area contributed by atoms with E-state index in [1.807, 2.05) is 6.92 Å². The fourth-order valence-electron chi connectivity index (χ4n) is 0.671. The molecular formula is C9H21NO. The topological polar surface area (TPSA) is 20.3 Å². The van der Waals surface area contributed by atoms with Crippen LogP contribution in [0, 0.1) is 0 Å². The highest BCUT2D eigenvalue weighted by molar-refractivity contribution is 5.48. The van der Waals surface area contributed by atoms with Crippen LogP contribution < -0.4 is 0 Å². The Morgan fingerprint density at radius 1 is 1.00 bits per heavy atom. The third-order valence-corrected chi connectivity index (χ3v) is 1.51. The molecule has 0 radical (unpaired) electrons. The van der Waals surface area contributed by atoms with E-state index in [1.54, 1.807) is 0 Å². The zero-order chi connectivity index (χ0) is 9.11. The van der Waals surface area contributed by atoms with Crippen LogP contribution in [0.3, 0.4) is 0 Å². The first-order valence-electron chi connectivity index (χ1n) is 4.42. The van der Waals surface area contributed by atoms with Crippen molar-refractivity contribution in [2.24, 2.45) is 0 Å². The quantitative estimate of drug-likeness (QED) is 0.584. The zero-order valence-corrected chi connectivity index (χ0v) is 8.26. The van der Waals surface area contributed by atoms with Crippen LogP contribution in [0.2, 0.25) is 0 Å². The van der Waals surface area contributed by atoms with E-state index in [1.165, 1.54) is 19.6 Å². The molecule has 0 aromatic rings. The van der Waals surface area contributed by atoms with Crippen LogP contribution in [0.15, 0.2) is 0 Å². The maximum Gasteiger partial charge on any atom is 0.119 e. The minimum Gasteiger partial charge on any atom is -0.304 e. The van der Waals surface area contributed by atoms with E-state index >= 15 is 0 Å². The Morgan fingerprint density at radius 2 is 1.27 bits per heavy atom. The van der Waals surface area contributed by atoms with Gasteiger partial charge < -0.3 is 9.69 Å². The second-order valence-electron chi connectivity index (χ2n) is 2.19. The normalized spacial score (nSPS) is 8.82. The van der Waals surface area contributed by atoms with Gasteiger partial charge in [-0.3, -0.25) is 0 Å². The summed E-state index contributed by atoms with van der Waals surface area (Å²) in [7, 11) is 0. The summed E-state index contributed by atoms with van der Waals surface area (Å²) in [6, 6.07) is 0. The highest BCUT2D eigenvalue weighted by Gasteiger charge is 1.89. The van der Waals surface area contributed by atoms with Crippen LogP contribution in [-0.2, 0) is 4.79 Å². The van der Waals surface area contributed by atoms with Gasteiger partial charge in [0.15, 0.2) is 0 Å². The lowest BCUT2D eigenvalue weighted by Gasteiger charge is -2.13. The Bertz CT molecular complexity index is 64.5. The molecule has 0 bridgehead atoms. The lowest BCUT2D eigenvalue weighted by Crippen LogP contribution is -2.21. The molecule has 0 spiro atoms. The Balaban J connectivity index is 0. The number of aldehydes is 1. The van der Waals surface area contributed by atoms with Crippen molar-refractivity contribution in [2.45, 2.75) is 34.1 Å². The molecule has 0 atom stereocenters. The molecular weight excluding hydrogens is 138 g/mol. The van der Waals surface area contributed by atoms with Gasteiger partial charge in [0.25, 0.3) is 0 Å². The molecule has 0 aliphatic heterocycles. The number of carbonyl (C=O) groups is 1. The van der Waals surface area contributed by atoms with E-state index in [2.05, 4.69) is 25.7 Å². The van der Waals surface area contributed by atoms with Crippen molar-refractivity contribution < 1.29 is 4.79 Å². The Kier molecular flexibility index (Phi) is 14.8.